The Morgan fingerprint density at radius 3 is 2.52 bits per heavy atom. The Kier molecular flexibility index (Phi) is 5.27. The number of likely N-dealkylation sites (tertiary alicyclic amines) is 1. The summed E-state index contributed by atoms with van der Waals surface area (Å²) in [5.74, 6) is -0.0651. The van der Waals surface area contributed by atoms with Gasteiger partial charge in [-0.3, -0.25) is 0 Å². The lowest BCUT2D eigenvalue weighted by Crippen LogP contribution is -2.27. The van der Waals surface area contributed by atoms with Gasteiger partial charge in [0.25, 0.3) is 0 Å². The summed E-state index contributed by atoms with van der Waals surface area (Å²) in [6.45, 7) is 1.79. The lowest BCUT2D eigenvalue weighted by atomic mass is 9.98. The van der Waals surface area contributed by atoms with Gasteiger partial charge < -0.3 is 14.6 Å². The molecule has 1 aliphatic heterocycles. The fourth-order valence-electron chi connectivity index (χ4n) is 4.48. The number of rotatable bonds is 4. The third-order valence-electron chi connectivity index (χ3n) is 6.21. The third-order valence-corrected chi connectivity index (χ3v) is 6.21. The molecule has 1 saturated heterocycles. The Hall–Kier alpha value is -4.18. The van der Waals surface area contributed by atoms with Crippen molar-refractivity contribution >= 4 is 17.1 Å². The van der Waals surface area contributed by atoms with E-state index in [2.05, 4.69) is 16.7 Å². The second kappa shape index (κ2) is 8.40. The molecule has 33 heavy (non-hydrogen) atoms. The van der Waals surface area contributed by atoms with Crippen molar-refractivity contribution in [2.45, 2.75) is 13.0 Å². The molecule has 1 atom stereocenters. The van der Waals surface area contributed by atoms with Crippen molar-refractivity contribution < 1.29 is 14.3 Å². The number of carbonyl (C=O) groups is 1. The largest absolute Gasteiger partial charge is 0.465 e. The van der Waals surface area contributed by atoms with Gasteiger partial charge in [-0.05, 0) is 66.4 Å². The van der Waals surface area contributed by atoms with E-state index in [0.717, 1.165) is 39.8 Å². The molecule has 0 saturated carbocycles. The molecule has 1 amide bonds. The molecular weight excluding hydrogens is 419 g/mol. The molecule has 0 aliphatic carbocycles. The minimum Gasteiger partial charge on any atom is -0.465 e. The zero-order valence-electron chi connectivity index (χ0n) is 17.8. The molecule has 0 spiro atoms. The maximum absolute atomic E-state index is 13.5. The van der Waals surface area contributed by atoms with Crippen molar-refractivity contribution in [2.75, 3.05) is 13.1 Å². The molecular formula is C26H21FN4O2. The van der Waals surface area contributed by atoms with Crippen LogP contribution in [0.4, 0.5) is 9.18 Å². The highest BCUT2D eigenvalue weighted by Crippen LogP contribution is 2.34. The van der Waals surface area contributed by atoms with Gasteiger partial charge in [0.15, 0.2) is 0 Å². The van der Waals surface area contributed by atoms with Gasteiger partial charge in [0.05, 0.1) is 28.4 Å². The molecule has 7 heteroatoms. The smallest absolute Gasteiger partial charge is 0.407 e. The number of carboxylic acid groups (broad SMARTS) is 1. The zero-order valence-corrected chi connectivity index (χ0v) is 17.8. The summed E-state index contributed by atoms with van der Waals surface area (Å²) in [4.78, 5) is 17.6. The van der Waals surface area contributed by atoms with Crippen LogP contribution < -0.4 is 0 Å². The number of nitrogens with zero attached hydrogens (tertiary/aromatic N) is 4. The number of halogens is 1. The van der Waals surface area contributed by atoms with Gasteiger partial charge in [0.2, 0.25) is 0 Å². The second-order valence-corrected chi connectivity index (χ2v) is 8.34. The van der Waals surface area contributed by atoms with E-state index in [-0.39, 0.29) is 11.7 Å². The van der Waals surface area contributed by atoms with Crippen LogP contribution >= 0.6 is 0 Å². The summed E-state index contributed by atoms with van der Waals surface area (Å²) in [7, 11) is 0. The minimum atomic E-state index is -0.872. The molecule has 1 N–H and O–H groups in total. The van der Waals surface area contributed by atoms with Crippen LogP contribution in [-0.4, -0.2) is 38.7 Å². The fourth-order valence-corrected chi connectivity index (χ4v) is 4.48. The summed E-state index contributed by atoms with van der Waals surface area (Å²) in [6, 6.07) is 19.8. The third kappa shape index (κ3) is 4.03. The zero-order chi connectivity index (χ0) is 22.9. The first-order valence-corrected chi connectivity index (χ1v) is 10.8. The predicted molar refractivity (Wildman–Crippen MR) is 123 cm³/mol. The molecule has 3 heterocycles. The van der Waals surface area contributed by atoms with E-state index in [9.17, 15) is 14.3 Å². The van der Waals surface area contributed by atoms with Gasteiger partial charge in [-0.2, -0.15) is 5.26 Å². The lowest BCUT2D eigenvalue weighted by molar-refractivity contribution is 0.153. The highest BCUT2D eigenvalue weighted by atomic mass is 19.1. The van der Waals surface area contributed by atoms with Gasteiger partial charge in [0.1, 0.15) is 5.82 Å². The molecule has 5 rings (SSSR count). The molecule has 4 aromatic rings. The van der Waals surface area contributed by atoms with E-state index in [1.165, 1.54) is 17.0 Å². The van der Waals surface area contributed by atoms with E-state index in [4.69, 9.17) is 10.2 Å². The van der Waals surface area contributed by atoms with Crippen LogP contribution in [0.15, 0.2) is 66.9 Å². The summed E-state index contributed by atoms with van der Waals surface area (Å²) in [5.41, 5.74) is 5.68. The Labute approximate surface area is 190 Å². The molecule has 164 valence electrons. The van der Waals surface area contributed by atoms with Crippen LogP contribution in [0.25, 0.3) is 33.4 Å². The summed E-state index contributed by atoms with van der Waals surface area (Å²) in [6.07, 6.45) is 1.94. The fraction of sp³-hybridized carbons (Fsp3) is 0.192. The highest BCUT2D eigenvalue weighted by Gasteiger charge is 2.26. The van der Waals surface area contributed by atoms with Gasteiger partial charge in [-0.15, -0.1) is 0 Å². The van der Waals surface area contributed by atoms with Gasteiger partial charge in [-0.25, -0.2) is 14.2 Å². The Morgan fingerprint density at radius 1 is 1.12 bits per heavy atom. The molecule has 0 radical (unpaired) electrons. The van der Waals surface area contributed by atoms with Gasteiger partial charge >= 0.3 is 6.09 Å². The van der Waals surface area contributed by atoms with Crippen molar-refractivity contribution in [1.29, 1.82) is 5.26 Å². The Balaban J connectivity index is 1.58. The second-order valence-electron chi connectivity index (χ2n) is 8.34. The first-order chi connectivity index (χ1) is 16.0. The number of aromatic nitrogens is 2. The highest BCUT2D eigenvalue weighted by molar-refractivity contribution is 5.90. The van der Waals surface area contributed by atoms with Crippen molar-refractivity contribution in [3.8, 4) is 28.5 Å². The van der Waals surface area contributed by atoms with Crippen LogP contribution in [0.2, 0.25) is 0 Å². The minimum absolute atomic E-state index is 0.242. The van der Waals surface area contributed by atoms with E-state index < -0.39 is 6.09 Å². The predicted octanol–water partition coefficient (Wildman–Crippen LogP) is 5.38. The average Bonchev–Trinajstić information content (AvgIpc) is 3.46. The summed E-state index contributed by atoms with van der Waals surface area (Å²) < 4.78 is 15.7. The van der Waals surface area contributed by atoms with Crippen molar-refractivity contribution in [1.82, 2.24) is 14.5 Å². The van der Waals surface area contributed by atoms with Gasteiger partial charge in [-0.1, -0.05) is 12.1 Å². The van der Waals surface area contributed by atoms with Crippen LogP contribution in [-0.2, 0) is 6.54 Å². The van der Waals surface area contributed by atoms with Crippen molar-refractivity contribution in [2.24, 2.45) is 5.92 Å². The number of hydrogen-bond donors (Lipinski definition) is 1. The average molecular weight is 440 g/mol. The molecule has 0 unspecified atom stereocenters. The topological polar surface area (TPSA) is 82.2 Å². The van der Waals surface area contributed by atoms with Crippen LogP contribution in [0.3, 0.4) is 0 Å². The number of hydrogen-bond acceptors (Lipinski definition) is 3. The maximum atomic E-state index is 13.5. The summed E-state index contributed by atoms with van der Waals surface area (Å²) in [5, 5.41) is 18.4. The normalized spacial score (nSPS) is 15.6. The lowest BCUT2D eigenvalue weighted by Gasteiger charge is -2.15. The molecule has 1 aliphatic rings. The molecule has 6 nitrogen and oxygen atoms in total. The van der Waals surface area contributed by atoms with E-state index in [1.54, 1.807) is 24.3 Å². The van der Waals surface area contributed by atoms with Crippen molar-refractivity contribution in [3.63, 3.8) is 0 Å². The summed E-state index contributed by atoms with van der Waals surface area (Å²) >= 11 is 0. The quantitative estimate of drug-likeness (QED) is 0.462. The monoisotopic (exact) mass is 440 g/mol. The molecule has 2 aromatic carbocycles. The molecule has 2 aromatic heterocycles. The number of nitriles is 1. The van der Waals surface area contributed by atoms with E-state index in [1.807, 2.05) is 24.4 Å². The number of fused-ring (bicyclic) bond motifs is 1. The van der Waals surface area contributed by atoms with E-state index in [0.29, 0.717) is 25.2 Å². The number of benzene rings is 2. The first-order valence-electron chi connectivity index (χ1n) is 10.8. The number of pyridine rings is 1. The molecule has 0 bridgehead atoms. The van der Waals surface area contributed by atoms with E-state index >= 15 is 0 Å². The van der Waals surface area contributed by atoms with Gasteiger partial charge in [0, 0.05) is 37.0 Å². The SMILES string of the molecule is N#Cc1ccc(-c2cc3c(ccn3C[C@H]3CCN(C(=O)O)C3)nc2-c2ccc(F)cc2)cc1. The van der Waals surface area contributed by atoms with Crippen LogP contribution in [0.5, 0.6) is 0 Å². The standard InChI is InChI=1S/C26H21FN4O2/c27-21-7-5-20(6-8-21)25-22(19-3-1-17(14-28)2-4-19)13-24-23(29-25)10-12-30(24)15-18-9-11-31(16-18)26(32)33/h1-8,10,12-13,18H,9,11,15-16H2,(H,32,33)/t18-/m1/s1. The Morgan fingerprint density at radius 2 is 1.85 bits per heavy atom. The first kappa shape index (κ1) is 20.7. The number of amides is 1. The Bertz CT molecular complexity index is 1370. The van der Waals surface area contributed by atoms with Crippen LogP contribution in [0, 0.1) is 23.1 Å². The van der Waals surface area contributed by atoms with Crippen molar-refractivity contribution in [3.05, 3.63) is 78.2 Å². The van der Waals surface area contributed by atoms with Crippen LogP contribution in [0.1, 0.15) is 12.0 Å². The maximum Gasteiger partial charge on any atom is 0.407 e. The molecule has 1 fully saturated rings.